The molecule has 0 radical (unpaired) electrons. The largest absolute Gasteiger partial charge is 0.359 e. The van der Waals surface area contributed by atoms with Crippen LogP contribution in [-0.4, -0.2) is 29.5 Å². The monoisotopic (exact) mass is 368 g/mol. The van der Waals surface area contributed by atoms with Crippen LogP contribution in [0.4, 0.5) is 20.3 Å². The van der Waals surface area contributed by atoms with Crippen molar-refractivity contribution in [2.45, 2.75) is 6.42 Å². The molecule has 5 nitrogen and oxygen atoms in total. The van der Waals surface area contributed by atoms with Crippen LogP contribution >= 0.6 is 0 Å². The van der Waals surface area contributed by atoms with E-state index in [0.717, 1.165) is 24.1 Å². The van der Waals surface area contributed by atoms with Crippen molar-refractivity contribution in [1.29, 1.82) is 0 Å². The van der Waals surface area contributed by atoms with Crippen LogP contribution in [-0.2, 0) is 6.42 Å². The third kappa shape index (κ3) is 4.63. The van der Waals surface area contributed by atoms with Crippen molar-refractivity contribution in [2.75, 3.05) is 23.8 Å². The first kappa shape index (κ1) is 18.4. The van der Waals surface area contributed by atoms with Crippen LogP contribution in [0.25, 0.3) is 0 Å². The zero-order chi connectivity index (χ0) is 19.2. The predicted octanol–water partition coefficient (Wildman–Crippen LogP) is 3.69. The second-order valence-corrected chi connectivity index (χ2v) is 5.98. The lowest BCUT2D eigenvalue weighted by atomic mass is 10.2. The van der Waals surface area contributed by atoms with Gasteiger partial charge in [-0.2, -0.15) is 0 Å². The summed E-state index contributed by atoms with van der Waals surface area (Å²) in [5.41, 5.74) is 0.936. The normalized spacial score (nSPS) is 10.5. The van der Waals surface area contributed by atoms with E-state index >= 15 is 0 Å². The number of amides is 1. The third-order valence-corrected chi connectivity index (χ3v) is 4.09. The van der Waals surface area contributed by atoms with E-state index < -0.39 is 23.2 Å². The van der Waals surface area contributed by atoms with Crippen molar-refractivity contribution in [2.24, 2.45) is 0 Å². The molecule has 2 aromatic heterocycles. The van der Waals surface area contributed by atoms with Gasteiger partial charge < -0.3 is 10.2 Å². The first-order valence-electron chi connectivity index (χ1n) is 8.36. The summed E-state index contributed by atoms with van der Waals surface area (Å²) in [4.78, 5) is 22.5. The summed E-state index contributed by atoms with van der Waals surface area (Å²) in [6, 6.07) is 10.4. The molecule has 0 bridgehead atoms. The van der Waals surface area contributed by atoms with E-state index in [1.807, 2.05) is 24.1 Å². The Bertz CT molecular complexity index is 914. The molecule has 0 fully saturated rings. The van der Waals surface area contributed by atoms with Crippen molar-refractivity contribution in [1.82, 2.24) is 9.97 Å². The standard InChI is InChI=1S/C20H18F2N4O/c1-26(12-8-14-5-9-23-10-6-14)18-13-15(7-11-24-18)20(27)25-19-16(21)3-2-4-17(19)22/h2-7,9-11,13H,8,12H2,1H3,(H,25,27). The maximum atomic E-state index is 13.7. The average Bonchev–Trinajstić information content (AvgIpc) is 2.70. The van der Waals surface area contributed by atoms with Crippen LogP contribution in [0.1, 0.15) is 15.9 Å². The number of hydrogen-bond acceptors (Lipinski definition) is 4. The number of carbonyl (C=O) groups excluding carboxylic acids is 1. The van der Waals surface area contributed by atoms with Gasteiger partial charge in [0.2, 0.25) is 0 Å². The Kier molecular flexibility index (Phi) is 5.71. The number of para-hydroxylation sites is 1. The highest BCUT2D eigenvalue weighted by atomic mass is 19.1. The molecule has 7 heteroatoms. The second kappa shape index (κ2) is 8.35. The van der Waals surface area contributed by atoms with Gasteiger partial charge in [-0.1, -0.05) is 6.07 Å². The number of halogens is 2. The maximum Gasteiger partial charge on any atom is 0.256 e. The van der Waals surface area contributed by atoms with E-state index in [1.54, 1.807) is 18.5 Å². The summed E-state index contributed by atoms with van der Waals surface area (Å²) in [6.45, 7) is 0.685. The van der Waals surface area contributed by atoms with E-state index in [-0.39, 0.29) is 5.56 Å². The van der Waals surface area contributed by atoms with Crippen molar-refractivity contribution < 1.29 is 13.6 Å². The zero-order valence-corrected chi connectivity index (χ0v) is 14.7. The van der Waals surface area contributed by atoms with Crippen molar-refractivity contribution in [3.63, 3.8) is 0 Å². The lowest BCUT2D eigenvalue weighted by molar-refractivity contribution is 0.102. The summed E-state index contributed by atoms with van der Waals surface area (Å²) < 4.78 is 27.4. The third-order valence-electron chi connectivity index (χ3n) is 4.09. The molecule has 2 heterocycles. The van der Waals surface area contributed by atoms with Gasteiger partial charge >= 0.3 is 0 Å². The number of hydrogen-bond donors (Lipinski definition) is 1. The molecule has 0 aliphatic carbocycles. The smallest absolute Gasteiger partial charge is 0.256 e. The molecule has 0 aliphatic heterocycles. The predicted molar refractivity (Wildman–Crippen MR) is 99.8 cm³/mol. The van der Waals surface area contributed by atoms with Crippen LogP contribution in [0.15, 0.2) is 61.1 Å². The van der Waals surface area contributed by atoms with Gasteiger partial charge in [-0.25, -0.2) is 13.8 Å². The fraction of sp³-hybridized carbons (Fsp3) is 0.150. The molecular formula is C20H18F2N4O. The fourth-order valence-electron chi connectivity index (χ4n) is 2.53. The van der Waals surface area contributed by atoms with E-state index in [2.05, 4.69) is 15.3 Å². The molecule has 0 aliphatic rings. The highest BCUT2D eigenvalue weighted by molar-refractivity contribution is 6.04. The Hall–Kier alpha value is -3.35. The Morgan fingerprint density at radius 2 is 1.78 bits per heavy atom. The highest BCUT2D eigenvalue weighted by Crippen LogP contribution is 2.20. The molecule has 138 valence electrons. The Morgan fingerprint density at radius 1 is 1.07 bits per heavy atom. The number of benzene rings is 1. The lowest BCUT2D eigenvalue weighted by Gasteiger charge is -2.18. The molecule has 0 saturated heterocycles. The summed E-state index contributed by atoms with van der Waals surface area (Å²) in [7, 11) is 1.86. The summed E-state index contributed by atoms with van der Waals surface area (Å²) >= 11 is 0. The first-order chi connectivity index (χ1) is 13.0. The molecule has 0 unspecified atom stereocenters. The van der Waals surface area contributed by atoms with Gasteiger partial charge in [-0.3, -0.25) is 9.78 Å². The molecular weight excluding hydrogens is 350 g/mol. The van der Waals surface area contributed by atoms with E-state index in [4.69, 9.17) is 0 Å². The van der Waals surface area contributed by atoms with Crippen LogP contribution < -0.4 is 10.2 Å². The van der Waals surface area contributed by atoms with Crippen LogP contribution in [0, 0.1) is 11.6 Å². The minimum Gasteiger partial charge on any atom is -0.359 e. The number of anilines is 2. The topological polar surface area (TPSA) is 58.1 Å². The molecule has 0 atom stereocenters. The minimum atomic E-state index is -0.827. The molecule has 0 saturated carbocycles. The maximum absolute atomic E-state index is 13.7. The van der Waals surface area contributed by atoms with Gasteiger partial charge in [0.25, 0.3) is 5.91 Å². The molecule has 1 N–H and O–H groups in total. The van der Waals surface area contributed by atoms with Crippen molar-refractivity contribution >= 4 is 17.4 Å². The summed E-state index contributed by atoms with van der Waals surface area (Å²) in [6.07, 6.45) is 5.75. The number of nitrogens with zero attached hydrogens (tertiary/aromatic N) is 3. The van der Waals surface area contributed by atoms with E-state index in [1.165, 1.54) is 18.3 Å². The SMILES string of the molecule is CN(CCc1ccncc1)c1cc(C(=O)Nc2c(F)cccc2F)ccn1. The average molecular weight is 368 g/mol. The number of nitrogens with one attached hydrogen (secondary N) is 1. The van der Waals surface area contributed by atoms with E-state index in [9.17, 15) is 13.6 Å². The van der Waals surface area contributed by atoms with Crippen LogP contribution in [0.5, 0.6) is 0 Å². The minimum absolute atomic E-state index is 0.262. The van der Waals surface area contributed by atoms with Gasteiger partial charge in [0.05, 0.1) is 0 Å². The summed E-state index contributed by atoms with van der Waals surface area (Å²) in [5.74, 6) is -1.67. The first-order valence-corrected chi connectivity index (χ1v) is 8.36. The number of pyridine rings is 2. The summed E-state index contributed by atoms with van der Waals surface area (Å²) in [5, 5.41) is 2.28. The van der Waals surface area contributed by atoms with E-state index in [0.29, 0.717) is 12.4 Å². The Labute approximate surface area is 155 Å². The van der Waals surface area contributed by atoms with Gasteiger partial charge in [-0.15, -0.1) is 0 Å². The molecule has 3 rings (SSSR count). The lowest BCUT2D eigenvalue weighted by Crippen LogP contribution is -2.22. The molecule has 0 spiro atoms. The Morgan fingerprint density at radius 3 is 2.48 bits per heavy atom. The zero-order valence-electron chi connectivity index (χ0n) is 14.7. The van der Waals surface area contributed by atoms with Gasteiger partial charge in [0.15, 0.2) is 0 Å². The molecule has 1 aromatic carbocycles. The number of aromatic nitrogens is 2. The molecule has 27 heavy (non-hydrogen) atoms. The fourth-order valence-corrected chi connectivity index (χ4v) is 2.53. The van der Waals surface area contributed by atoms with Gasteiger partial charge in [-0.05, 0) is 48.4 Å². The highest BCUT2D eigenvalue weighted by Gasteiger charge is 2.14. The van der Waals surface area contributed by atoms with Crippen molar-refractivity contribution in [3.05, 3.63) is 83.8 Å². The number of likely N-dealkylation sites (N-methyl/N-ethyl adjacent to an activating group) is 1. The van der Waals surface area contributed by atoms with Gasteiger partial charge in [0.1, 0.15) is 23.1 Å². The number of carbonyl (C=O) groups is 1. The van der Waals surface area contributed by atoms with Gasteiger partial charge in [0, 0.05) is 37.7 Å². The molecule has 1 amide bonds. The van der Waals surface area contributed by atoms with Crippen LogP contribution in [0.2, 0.25) is 0 Å². The second-order valence-electron chi connectivity index (χ2n) is 5.98. The Balaban J connectivity index is 1.70. The van der Waals surface area contributed by atoms with Crippen molar-refractivity contribution in [3.8, 4) is 0 Å². The van der Waals surface area contributed by atoms with Crippen LogP contribution in [0.3, 0.4) is 0 Å². The number of rotatable bonds is 6. The molecule has 3 aromatic rings. The quantitative estimate of drug-likeness (QED) is 0.721.